The molecule has 0 unspecified atom stereocenters. The Kier molecular flexibility index (Phi) is 7.40. The predicted octanol–water partition coefficient (Wildman–Crippen LogP) is 5.51. The van der Waals surface area contributed by atoms with Gasteiger partial charge in [-0.25, -0.2) is 0 Å². The number of rotatable bonds is 7. The van der Waals surface area contributed by atoms with Gasteiger partial charge >= 0.3 is 0 Å². The van der Waals surface area contributed by atoms with Crippen molar-refractivity contribution in [2.24, 2.45) is 11.8 Å². The average molecular weight is 426 g/mol. The van der Waals surface area contributed by atoms with Gasteiger partial charge in [-0.15, -0.1) is 0 Å². The minimum atomic E-state index is 0.104. The molecule has 4 nitrogen and oxygen atoms in total. The molecule has 1 saturated heterocycles. The molecule has 30 heavy (non-hydrogen) atoms. The minimum absolute atomic E-state index is 0.104. The first-order valence-electron chi connectivity index (χ1n) is 11.4. The maximum absolute atomic E-state index is 12.7. The quantitative estimate of drug-likeness (QED) is 0.614. The van der Waals surface area contributed by atoms with E-state index in [4.69, 9.17) is 11.6 Å². The number of nitrogens with one attached hydrogen (secondary N) is 2. The summed E-state index contributed by atoms with van der Waals surface area (Å²) in [5, 5.41) is 7.55. The zero-order valence-electron chi connectivity index (χ0n) is 17.6. The van der Waals surface area contributed by atoms with Crippen molar-refractivity contribution in [2.45, 2.75) is 51.4 Å². The predicted molar refractivity (Wildman–Crippen MR) is 124 cm³/mol. The van der Waals surface area contributed by atoms with Gasteiger partial charge in [-0.2, -0.15) is 0 Å². The second kappa shape index (κ2) is 10.4. The van der Waals surface area contributed by atoms with E-state index in [1.807, 2.05) is 6.07 Å². The fourth-order valence-electron chi connectivity index (χ4n) is 4.70. The van der Waals surface area contributed by atoms with Crippen LogP contribution in [0.3, 0.4) is 0 Å². The average Bonchev–Trinajstić information content (AvgIpc) is 2.80. The Bertz CT molecular complexity index is 857. The Labute approximate surface area is 184 Å². The molecule has 1 aromatic carbocycles. The number of carbonyl (C=O) groups excluding carboxylic acids is 1. The summed E-state index contributed by atoms with van der Waals surface area (Å²) in [4.78, 5) is 17.1. The maximum Gasteiger partial charge on any atom is 0.143 e. The van der Waals surface area contributed by atoms with Crippen LogP contribution in [0.25, 0.3) is 11.1 Å². The number of hydrogen-bond donors (Lipinski definition) is 2. The Morgan fingerprint density at radius 3 is 2.80 bits per heavy atom. The SMILES string of the molecule is O=C(Cc1cc(-c2cccc(NCC3CCCCC3)c2)c(Cl)cn1)[C@@H]1CCCNC1. The first kappa shape index (κ1) is 21.3. The van der Waals surface area contributed by atoms with E-state index in [0.29, 0.717) is 11.4 Å². The number of halogens is 1. The lowest BCUT2D eigenvalue weighted by molar-refractivity contribution is -0.122. The lowest BCUT2D eigenvalue weighted by Gasteiger charge is -2.22. The van der Waals surface area contributed by atoms with Crippen LogP contribution < -0.4 is 10.6 Å². The molecule has 2 aliphatic rings. The lowest BCUT2D eigenvalue weighted by Crippen LogP contribution is -2.35. The van der Waals surface area contributed by atoms with Crippen LogP contribution in [-0.2, 0) is 11.2 Å². The van der Waals surface area contributed by atoms with Gasteiger partial charge in [0.15, 0.2) is 0 Å². The number of hydrogen-bond acceptors (Lipinski definition) is 4. The summed E-state index contributed by atoms with van der Waals surface area (Å²) >= 11 is 6.49. The van der Waals surface area contributed by atoms with Gasteiger partial charge in [0.1, 0.15) is 5.78 Å². The third-order valence-electron chi connectivity index (χ3n) is 6.51. The number of benzene rings is 1. The van der Waals surface area contributed by atoms with Crippen LogP contribution in [0.5, 0.6) is 0 Å². The summed E-state index contributed by atoms with van der Waals surface area (Å²) < 4.78 is 0. The number of anilines is 1. The molecule has 1 saturated carbocycles. The highest BCUT2D eigenvalue weighted by Crippen LogP contribution is 2.31. The number of piperidine rings is 1. The topological polar surface area (TPSA) is 54.0 Å². The smallest absolute Gasteiger partial charge is 0.143 e. The number of carbonyl (C=O) groups is 1. The van der Waals surface area contributed by atoms with E-state index in [2.05, 4.69) is 39.9 Å². The monoisotopic (exact) mass is 425 g/mol. The first-order chi connectivity index (χ1) is 14.7. The zero-order valence-corrected chi connectivity index (χ0v) is 18.4. The maximum atomic E-state index is 12.7. The summed E-state index contributed by atoms with van der Waals surface area (Å²) in [5.74, 6) is 1.15. The van der Waals surface area contributed by atoms with E-state index in [-0.39, 0.29) is 11.7 Å². The summed E-state index contributed by atoms with van der Waals surface area (Å²) in [5.41, 5.74) is 3.92. The Balaban J connectivity index is 1.45. The van der Waals surface area contributed by atoms with Crippen molar-refractivity contribution in [3.63, 3.8) is 0 Å². The summed E-state index contributed by atoms with van der Waals surface area (Å²) in [7, 11) is 0. The third-order valence-corrected chi connectivity index (χ3v) is 6.81. The van der Waals surface area contributed by atoms with Gasteiger partial charge in [0.05, 0.1) is 5.02 Å². The van der Waals surface area contributed by atoms with Gasteiger partial charge in [0, 0.05) is 48.6 Å². The molecule has 0 bridgehead atoms. The fraction of sp³-hybridized carbons (Fsp3) is 0.520. The van der Waals surface area contributed by atoms with E-state index in [9.17, 15) is 4.79 Å². The van der Waals surface area contributed by atoms with Crippen molar-refractivity contribution in [2.75, 3.05) is 25.0 Å². The zero-order chi connectivity index (χ0) is 20.8. The molecule has 5 heteroatoms. The summed E-state index contributed by atoms with van der Waals surface area (Å²) in [6.45, 7) is 2.83. The molecule has 1 aromatic heterocycles. The lowest BCUT2D eigenvalue weighted by atomic mass is 9.89. The highest BCUT2D eigenvalue weighted by Gasteiger charge is 2.21. The van der Waals surface area contributed by atoms with Gasteiger partial charge in [0.2, 0.25) is 0 Å². The molecule has 1 aliphatic carbocycles. The van der Waals surface area contributed by atoms with E-state index in [0.717, 1.165) is 60.9 Å². The van der Waals surface area contributed by atoms with Crippen molar-refractivity contribution in [3.8, 4) is 11.1 Å². The summed E-state index contributed by atoms with van der Waals surface area (Å²) in [6.07, 6.45) is 10.9. The number of Topliss-reactive ketones (excluding diaryl/α,β-unsaturated/α-hetero) is 1. The van der Waals surface area contributed by atoms with Crippen LogP contribution in [0.4, 0.5) is 5.69 Å². The Morgan fingerprint density at radius 2 is 2.00 bits per heavy atom. The summed E-state index contributed by atoms with van der Waals surface area (Å²) in [6, 6.07) is 10.4. The Hall–Kier alpha value is -1.91. The highest BCUT2D eigenvalue weighted by molar-refractivity contribution is 6.33. The van der Waals surface area contributed by atoms with E-state index in [1.54, 1.807) is 6.20 Å². The first-order valence-corrected chi connectivity index (χ1v) is 11.8. The van der Waals surface area contributed by atoms with Crippen molar-refractivity contribution < 1.29 is 4.79 Å². The molecular weight excluding hydrogens is 394 g/mol. The van der Waals surface area contributed by atoms with Crippen LogP contribution in [0, 0.1) is 11.8 Å². The molecule has 2 N–H and O–H groups in total. The molecule has 2 aromatic rings. The molecular formula is C25H32ClN3O. The number of pyridine rings is 1. The van der Waals surface area contributed by atoms with Crippen LogP contribution >= 0.6 is 11.6 Å². The molecule has 4 rings (SSSR count). The van der Waals surface area contributed by atoms with Crippen molar-refractivity contribution in [1.82, 2.24) is 10.3 Å². The van der Waals surface area contributed by atoms with Crippen LogP contribution in [-0.4, -0.2) is 30.4 Å². The highest BCUT2D eigenvalue weighted by atomic mass is 35.5. The van der Waals surface area contributed by atoms with Gasteiger partial charge < -0.3 is 10.6 Å². The second-order valence-corrected chi connectivity index (χ2v) is 9.21. The normalized spacial score (nSPS) is 20.1. The van der Waals surface area contributed by atoms with Crippen molar-refractivity contribution in [3.05, 3.63) is 47.2 Å². The fourth-order valence-corrected chi connectivity index (χ4v) is 4.91. The van der Waals surface area contributed by atoms with Gasteiger partial charge in [0.25, 0.3) is 0 Å². The van der Waals surface area contributed by atoms with Crippen molar-refractivity contribution in [1.29, 1.82) is 0 Å². The molecule has 1 aliphatic heterocycles. The molecule has 0 spiro atoms. The standard InChI is InChI=1S/C25H32ClN3O/c26-24-17-29-22(14-25(30)20-9-5-11-27-16-20)13-23(24)19-8-4-10-21(12-19)28-15-18-6-2-1-3-7-18/h4,8,10,12-13,17-18,20,27-28H,1-3,5-7,9,11,14-16H2/t20-/m1/s1. The molecule has 160 valence electrons. The molecule has 0 amide bonds. The van der Waals surface area contributed by atoms with E-state index in [1.165, 1.54) is 32.1 Å². The molecule has 0 radical (unpaired) electrons. The number of aromatic nitrogens is 1. The van der Waals surface area contributed by atoms with Gasteiger partial charge in [-0.1, -0.05) is 43.0 Å². The largest absolute Gasteiger partial charge is 0.385 e. The van der Waals surface area contributed by atoms with Gasteiger partial charge in [-0.3, -0.25) is 9.78 Å². The number of ketones is 1. The second-order valence-electron chi connectivity index (χ2n) is 8.81. The van der Waals surface area contributed by atoms with Crippen LogP contribution in [0.15, 0.2) is 36.5 Å². The van der Waals surface area contributed by atoms with E-state index >= 15 is 0 Å². The van der Waals surface area contributed by atoms with Crippen molar-refractivity contribution >= 4 is 23.1 Å². The van der Waals surface area contributed by atoms with Gasteiger partial charge in [-0.05, 0) is 61.9 Å². The Morgan fingerprint density at radius 1 is 1.13 bits per heavy atom. The minimum Gasteiger partial charge on any atom is -0.385 e. The molecule has 2 fully saturated rings. The van der Waals surface area contributed by atoms with Crippen LogP contribution in [0.1, 0.15) is 50.6 Å². The van der Waals surface area contributed by atoms with Crippen LogP contribution in [0.2, 0.25) is 5.02 Å². The number of nitrogens with zero attached hydrogens (tertiary/aromatic N) is 1. The molecule has 1 atom stereocenters. The third kappa shape index (κ3) is 5.61. The molecule has 2 heterocycles. The van der Waals surface area contributed by atoms with E-state index < -0.39 is 0 Å².